The molecule has 1 aliphatic heterocycles. The standard InChI is InChI=1S/C19H21N5O2S/c1-14-11-17(13-20)22-19(21-14)23-7-9-24(10-8-23)27(25,26)18-6-5-15-3-2-4-16(15)12-18/h5-6,11-12H,2-4,7-10H2,1H3. The predicted molar refractivity (Wildman–Crippen MR) is 101 cm³/mol. The van der Waals surface area contributed by atoms with Crippen molar-refractivity contribution in [3.63, 3.8) is 0 Å². The Morgan fingerprint density at radius 3 is 2.52 bits per heavy atom. The summed E-state index contributed by atoms with van der Waals surface area (Å²) >= 11 is 0. The summed E-state index contributed by atoms with van der Waals surface area (Å²) in [7, 11) is -3.50. The number of aryl methyl sites for hydroxylation is 3. The molecule has 27 heavy (non-hydrogen) atoms. The van der Waals surface area contributed by atoms with Crippen molar-refractivity contribution >= 4 is 16.0 Å². The molecule has 0 radical (unpaired) electrons. The molecule has 1 fully saturated rings. The summed E-state index contributed by atoms with van der Waals surface area (Å²) in [5.41, 5.74) is 3.48. The van der Waals surface area contributed by atoms with Gasteiger partial charge in [0.15, 0.2) is 0 Å². The SMILES string of the molecule is Cc1cc(C#N)nc(N2CCN(S(=O)(=O)c3ccc4c(c3)CCC4)CC2)n1. The predicted octanol–water partition coefficient (Wildman–Crippen LogP) is 1.66. The number of benzene rings is 1. The van der Waals surface area contributed by atoms with E-state index in [0.29, 0.717) is 42.7 Å². The van der Waals surface area contributed by atoms with Crippen LogP contribution in [0.2, 0.25) is 0 Å². The lowest BCUT2D eigenvalue weighted by Crippen LogP contribution is -2.49. The van der Waals surface area contributed by atoms with E-state index >= 15 is 0 Å². The zero-order chi connectivity index (χ0) is 19.0. The quantitative estimate of drug-likeness (QED) is 0.801. The second-order valence-electron chi connectivity index (χ2n) is 6.98. The maximum atomic E-state index is 13.0. The Kier molecular flexibility index (Phi) is 4.58. The first-order valence-corrected chi connectivity index (χ1v) is 10.5. The van der Waals surface area contributed by atoms with Crippen molar-refractivity contribution in [2.75, 3.05) is 31.1 Å². The smallest absolute Gasteiger partial charge is 0.243 e. The summed E-state index contributed by atoms with van der Waals surface area (Å²) in [6.45, 7) is 3.56. The lowest BCUT2D eigenvalue weighted by Gasteiger charge is -2.34. The second kappa shape index (κ2) is 6.91. The Hall–Kier alpha value is -2.50. The van der Waals surface area contributed by atoms with E-state index in [1.165, 1.54) is 9.87 Å². The first kappa shape index (κ1) is 17.9. The summed E-state index contributed by atoms with van der Waals surface area (Å²) in [5, 5.41) is 9.08. The molecule has 0 N–H and O–H groups in total. The number of hydrogen-bond donors (Lipinski definition) is 0. The van der Waals surface area contributed by atoms with Gasteiger partial charge in [-0.1, -0.05) is 6.07 Å². The van der Waals surface area contributed by atoms with E-state index in [9.17, 15) is 8.42 Å². The highest BCUT2D eigenvalue weighted by atomic mass is 32.2. The molecular weight excluding hydrogens is 362 g/mol. The molecule has 140 valence electrons. The molecule has 0 saturated carbocycles. The maximum absolute atomic E-state index is 13.0. The minimum absolute atomic E-state index is 0.325. The fourth-order valence-electron chi connectivity index (χ4n) is 3.74. The van der Waals surface area contributed by atoms with Gasteiger partial charge in [0.2, 0.25) is 16.0 Å². The van der Waals surface area contributed by atoms with Gasteiger partial charge in [0.25, 0.3) is 0 Å². The van der Waals surface area contributed by atoms with E-state index in [0.717, 1.165) is 30.5 Å². The molecule has 0 amide bonds. The number of fused-ring (bicyclic) bond motifs is 1. The molecule has 7 nitrogen and oxygen atoms in total. The second-order valence-corrected chi connectivity index (χ2v) is 8.92. The minimum atomic E-state index is -3.50. The lowest BCUT2D eigenvalue weighted by atomic mass is 10.1. The van der Waals surface area contributed by atoms with E-state index < -0.39 is 10.0 Å². The largest absolute Gasteiger partial charge is 0.338 e. The van der Waals surface area contributed by atoms with Crippen LogP contribution in [0, 0.1) is 18.3 Å². The monoisotopic (exact) mass is 383 g/mol. The van der Waals surface area contributed by atoms with Gasteiger partial charge < -0.3 is 4.90 Å². The highest BCUT2D eigenvalue weighted by Gasteiger charge is 2.30. The average molecular weight is 383 g/mol. The Morgan fingerprint density at radius 1 is 1.04 bits per heavy atom. The Balaban J connectivity index is 1.50. The molecule has 2 aromatic rings. The number of aromatic nitrogens is 2. The van der Waals surface area contributed by atoms with E-state index in [1.54, 1.807) is 12.1 Å². The van der Waals surface area contributed by atoms with Crippen molar-refractivity contribution in [1.29, 1.82) is 5.26 Å². The van der Waals surface area contributed by atoms with Crippen LogP contribution < -0.4 is 4.90 Å². The summed E-state index contributed by atoms with van der Waals surface area (Å²) in [6, 6.07) is 9.20. The topological polar surface area (TPSA) is 90.2 Å². The molecule has 0 spiro atoms. The molecule has 0 bridgehead atoms. The van der Waals surface area contributed by atoms with E-state index in [1.807, 2.05) is 30.0 Å². The number of anilines is 1. The van der Waals surface area contributed by atoms with Crippen LogP contribution in [-0.4, -0.2) is 48.9 Å². The molecule has 4 rings (SSSR count). The van der Waals surface area contributed by atoms with Gasteiger partial charge in [0.1, 0.15) is 11.8 Å². The van der Waals surface area contributed by atoms with Crippen LogP contribution in [0.5, 0.6) is 0 Å². The van der Waals surface area contributed by atoms with Gasteiger partial charge in [-0.25, -0.2) is 18.4 Å². The fraction of sp³-hybridized carbons (Fsp3) is 0.421. The van der Waals surface area contributed by atoms with Crippen molar-refractivity contribution in [1.82, 2.24) is 14.3 Å². The molecule has 1 aromatic carbocycles. The first-order valence-electron chi connectivity index (χ1n) is 9.10. The molecule has 1 aliphatic carbocycles. The molecule has 0 atom stereocenters. The number of rotatable bonds is 3. The zero-order valence-electron chi connectivity index (χ0n) is 15.2. The van der Waals surface area contributed by atoms with Crippen molar-refractivity contribution in [3.8, 4) is 6.07 Å². The van der Waals surface area contributed by atoms with Crippen LogP contribution in [0.3, 0.4) is 0 Å². The normalized spacial score (nSPS) is 17.6. The van der Waals surface area contributed by atoms with Crippen LogP contribution in [-0.2, 0) is 22.9 Å². The van der Waals surface area contributed by atoms with Crippen molar-refractivity contribution in [3.05, 3.63) is 46.8 Å². The maximum Gasteiger partial charge on any atom is 0.243 e. The fourth-order valence-corrected chi connectivity index (χ4v) is 5.21. The molecule has 2 aliphatic rings. The Labute approximate surface area is 159 Å². The van der Waals surface area contributed by atoms with Crippen molar-refractivity contribution in [2.45, 2.75) is 31.1 Å². The molecule has 1 aromatic heterocycles. The molecular formula is C19H21N5O2S. The third-order valence-corrected chi connectivity index (χ3v) is 7.08. The van der Waals surface area contributed by atoms with Crippen LogP contribution >= 0.6 is 0 Å². The molecule has 1 saturated heterocycles. The molecule has 0 unspecified atom stereocenters. The van der Waals surface area contributed by atoms with Crippen LogP contribution in [0.25, 0.3) is 0 Å². The summed E-state index contributed by atoms with van der Waals surface area (Å²) < 4.78 is 27.6. The van der Waals surface area contributed by atoms with Gasteiger partial charge in [0.05, 0.1) is 4.90 Å². The number of hydrogen-bond acceptors (Lipinski definition) is 6. The van der Waals surface area contributed by atoms with Gasteiger partial charge >= 0.3 is 0 Å². The third-order valence-electron chi connectivity index (χ3n) is 5.19. The molecule has 8 heteroatoms. The van der Waals surface area contributed by atoms with E-state index in [2.05, 4.69) is 9.97 Å². The van der Waals surface area contributed by atoms with Gasteiger partial charge in [0, 0.05) is 31.9 Å². The van der Waals surface area contributed by atoms with Crippen molar-refractivity contribution < 1.29 is 8.42 Å². The summed E-state index contributed by atoms with van der Waals surface area (Å²) in [6.07, 6.45) is 3.09. The molecule has 2 heterocycles. The zero-order valence-corrected chi connectivity index (χ0v) is 16.0. The summed E-state index contributed by atoms with van der Waals surface area (Å²) in [4.78, 5) is 10.9. The number of piperazine rings is 1. The highest BCUT2D eigenvalue weighted by molar-refractivity contribution is 7.89. The highest BCUT2D eigenvalue weighted by Crippen LogP contribution is 2.27. The van der Waals surface area contributed by atoms with Crippen LogP contribution in [0.4, 0.5) is 5.95 Å². The Bertz CT molecular complexity index is 1020. The van der Waals surface area contributed by atoms with Gasteiger partial charge in [-0.05, 0) is 55.5 Å². The summed E-state index contributed by atoms with van der Waals surface area (Å²) in [5.74, 6) is 0.487. The van der Waals surface area contributed by atoms with Crippen LogP contribution in [0.1, 0.15) is 28.9 Å². The van der Waals surface area contributed by atoms with E-state index in [4.69, 9.17) is 5.26 Å². The number of nitriles is 1. The Morgan fingerprint density at radius 2 is 1.78 bits per heavy atom. The van der Waals surface area contributed by atoms with E-state index in [-0.39, 0.29) is 0 Å². The van der Waals surface area contributed by atoms with Crippen molar-refractivity contribution in [2.24, 2.45) is 0 Å². The van der Waals surface area contributed by atoms with Crippen LogP contribution in [0.15, 0.2) is 29.2 Å². The first-order chi connectivity index (χ1) is 13.0. The number of nitrogens with zero attached hydrogens (tertiary/aromatic N) is 5. The van der Waals surface area contributed by atoms with Gasteiger partial charge in [-0.3, -0.25) is 0 Å². The lowest BCUT2D eigenvalue weighted by molar-refractivity contribution is 0.382. The number of sulfonamides is 1. The van der Waals surface area contributed by atoms with Gasteiger partial charge in [-0.15, -0.1) is 0 Å². The average Bonchev–Trinajstić information content (AvgIpc) is 3.15. The van der Waals surface area contributed by atoms with Gasteiger partial charge in [-0.2, -0.15) is 9.57 Å². The third kappa shape index (κ3) is 3.40. The minimum Gasteiger partial charge on any atom is -0.338 e.